The molecule has 9 heteroatoms. The number of aromatic amines is 2. The molecule has 1 saturated heterocycles. The number of carbonyl (C=O) groups is 3. The second kappa shape index (κ2) is 5.34. The van der Waals surface area contributed by atoms with E-state index in [1.807, 2.05) is 4.98 Å². The number of imide groups is 1. The number of H-pyrrole nitrogens is 2. The Kier molecular flexibility index (Phi) is 3.60. The minimum Gasteiger partial charge on any atom is -0.326 e. The van der Waals surface area contributed by atoms with Crippen LogP contribution < -0.4 is 11.2 Å². The highest BCUT2D eigenvalue weighted by molar-refractivity contribution is 6.02. The first-order chi connectivity index (χ1) is 9.47. The number of carbonyl (C=O) groups excluding carboxylic acids is 3. The van der Waals surface area contributed by atoms with Crippen LogP contribution in [0.4, 0.5) is 0 Å². The quantitative estimate of drug-likeness (QED) is 0.521. The standard InChI is InChI=1S/C11H9N3O6/c15-7-2-3-8(16)14(7)20-9(17)4-1-6-5-12-11(19)13-10(6)18/h1,4-5H,2-3H2,(H2,12,13,18,19)/b4-1+. The average Bonchev–Trinajstić information content (AvgIpc) is 2.69. The molecule has 0 atom stereocenters. The van der Waals surface area contributed by atoms with Gasteiger partial charge in [-0.05, 0) is 6.08 Å². The summed E-state index contributed by atoms with van der Waals surface area (Å²) in [7, 11) is 0. The van der Waals surface area contributed by atoms with Crippen LogP contribution in [0.5, 0.6) is 0 Å². The number of nitrogens with one attached hydrogen (secondary N) is 2. The first-order valence-electron chi connectivity index (χ1n) is 5.55. The smallest absolute Gasteiger partial charge is 0.326 e. The molecule has 104 valence electrons. The number of hydrogen-bond donors (Lipinski definition) is 2. The maximum atomic E-state index is 11.4. The van der Waals surface area contributed by atoms with Crippen molar-refractivity contribution in [1.29, 1.82) is 0 Å². The van der Waals surface area contributed by atoms with Crippen molar-refractivity contribution in [3.63, 3.8) is 0 Å². The summed E-state index contributed by atoms with van der Waals surface area (Å²) in [5.74, 6) is -2.18. The minimum absolute atomic E-state index is 0.00455. The molecule has 2 N–H and O–H groups in total. The van der Waals surface area contributed by atoms with Crippen LogP contribution in [0.2, 0.25) is 0 Å². The Morgan fingerprint density at radius 3 is 2.45 bits per heavy atom. The molecular formula is C11H9N3O6. The molecule has 0 aromatic carbocycles. The largest absolute Gasteiger partial charge is 0.356 e. The van der Waals surface area contributed by atoms with Crippen LogP contribution in [-0.2, 0) is 19.2 Å². The van der Waals surface area contributed by atoms with Crippen LogP contribution in [0.15, 0.2) is 21.9 Å². The van der Waals surface area contributed by atoms with Gasteiger partial charge in [0.2, 0.25) is 0 Å². The van der Waals surface area contributed by atoms with E-state index in [1.54, 1.807) is 0 Å². The number of hydroxylamine groups is 2. The van der Waals surface area contributed by atoms with Gasteiger partial charge in [-0.15, -0.1) is 5.06 Å². The van der Waals surface area contributed by atoms with Crippen molar-refractivity contribution in [2.75, 3.05) is 0 Å². The van der Waals surface area contributed by atoms with E-state index >= 15 is 0 Å². The number of hydrogen-bond acceptors (Lipinski definition) is 6. The van der Waals surface area contributed by atoms with E-state index in [1.165, 1.54) is 0 Å². The molecule has 1 aromatic rings. The summed E-state index contributed by atoms with van der Waals surface area (Å²) in [4.78, 5) is 64.6. The summed E-state index contributed by atoms with van der Waals surface area (Å²) in [5, 5.41) is 0.393. The van der Waals surface area contributed by atoms with Gasteiger partial charge >= 0.3 is 11.7 Å². The summed E-state index contributed by atoms with van der Waals surface area (Å²) in [5.41, 5.74) is -1.35. The zero-order valence-corrected chi connectivity index (χ0v) is 10.0. The summed E-state index contributed by atoms with van der Waals surface area (Å²) < 4.78 is 0. The Hall–Kier alpha value is -2.97. The number of aromatic nitrogens is 2. The van der Waals surface area contributed by atoms with E-state index in [0.717, 1.165) is 18.3 Å². The summed E-state index contributed by atoms with van der Waals surface area (Å²) in [6.07, 6.45) is 3.05. The molecule has 2 rings (SSSR count). The molecule has 0 saturated carbocycles. The van der Waals surface area contributed by atoms with Gasteiger partial charge < -0.3 is 9.82 Å². The maximum absolute atomic E-state index is 11.4. The van der Waals surface area contributed by atoms with Gasteiger partial charge in [0, 0.05) is 25.1 Å². The van der Waals surface area contributed by atoms with Crippen molar-refractivity contribution in [3.05, 3.63) is 38.7 Å². The molecular weight excluding hydrogens is 270 g/mol. The summed E-state index contributed by atoms with van der Waals surface area (Å²) >= 11 is 0. The van der Waals surface area contributed by atoms with Crippen molar-refractivity contribution >= 4 is 23.9 Å². The normalized spacial score (nSPS) is 15.1. The third-order valence-corrected chi connectivity index (χ3v) is 2.43. The second-order valence-corrected chi connectivity index (χ2v) is 3.85. The van der Waals surface area contributed by atoms with Gasteiger partial charge in [0.1, 0.15) is 0 Å². The molecule has 0 aliphatic carbocycles. The van der Waals surface area contributed by atoms with Crippen molar-refractivity contribution in [1.82, 2.24) is 15.0 Å². The van der Waals surface area contributed by atoms with Gasteiger partial charge in [-0.1, -0.05) is 0 Å². The number of nitrogens with zero attached hydrogens (tertiary/aromatic N) is 1. The molecule has 20 heavy (non-hydrogen) atoms. The van der Waals surface area contributed by atoms with Gasteiger partial charge in [-0.25, -0.2) is 9.59 Å². The zero-order chi connectivity index (χ0) is 14.7. The first kappa shape index (κ1) is 13.5. The fourth-order valence-electron chi connectivity index (χ4n) is 1.48. The Bertz CT molecular complexity index is 697. The van der Waals surface area contributed by atoms with Crippen LogP contribution in [0.1, 0.15) is 18.4 Å². The second-order valence-electron chi connectivity index (χ2n) is 3.85. The molecule has 0 radical (unpaired) electrons. The van der Waals surface area contributed by atoms with Crippen LogP contribution >= 0.6 is 0 Å². The van der Waals surface area contributed by atoms with Crippen LogP contribution in [0, 0.1) is 0 Å². The van der Waals surface area contributed by atoms with E-state index in [9.17, 15) is 24.0 Å². The Morgan fingerprint density at radius 2 is 1.85 bits per heavy atom. The van der Waals surface area contributed by atoms with E-state index in [2.05, 4.69) is 9.82 Å². The fourth-order valence-corrected chi connectivity index (χ4v) is 1.48. The third kappa shape index (κ3) is 2.88. The lowest BCUT2D eigenvalue weighted by atomic mass is 10.3. The highest BCUT2D eigenvalue weighted by atomic mass is 16.7. The molecule has 0 spiro atoms. The molecule has 2 heterocycles. The summed E-state index contributed by atoms with van der Waals surface area (Å²) in [6.45, 7) is 0. The van der Waals surface area contributed by atoms with Gasteiger partial charge in [0.15, 0.2) is 0 Å². The lowest BCUT2D eigenvalue weighted by molar-refractivity contribution is -0.193. The van der Waals surface area contributed by atoms with E-state index in [4.69, 9.17) is 0 Å². The van der Waals surface area contributed by atoms with Crippen molar-refractivity contribution < 1.29 is 19.2 Å². The SMILES string of the molecule is O=C(/C=C/c1c[nH]c(=O)[nH]c1=O)ON1C(=O)CCC1=O. The number of amides is 2. The predicted molar refractivity (Wildman–Crippen MR) is 63.9 cm³/mol. The maximum Gasteiger partial charge on any atom is 0.356 e. The molecule has 0 unspecified atom stereocenters. The van der Waals surface area contributed by atoms with Gasteiger partial charge in [0.25, 0.3) is 17.4 Å². The molecule has 1 fully saturated rings. The Balaban J connectivity index is 2.06. The molecule has 1 aliphatic rings. The zero-order valence-electron chi connectivity index (χ0n) is 10.0. The third-order valence-electron chi connectivity index (χ3n) is 2.43. The van der Waals surface area contributed by atoms with E-state index in [0.29, 0.717) is 5.06 Å². The average molecular weight is 279 g/mol. The molecule has 9 nitrogen and oxygen atoms in total. The van der Waals surface area contributed by atoms with Crippen LogP contribution in [0.25, 0.3) is 6.08 Å². The molecule has 1 aromatic heterocycles. The fraction of sp³-hybridized carbons (Fsp3) is 0.182. The first-order valence-corrected chi connectivity index (χ1v) is 5.55. The number of rotatable bonds is 3. The van der Waals surface area contributed by atoms with E-state index in [-0.39, 0.29) is 18.4 Å². The lowest BCUT2D eigenvalue weighted by Gasteiger charge is -2.10. The Labute approximate surface area is 110 Å². The topological polar surface area (TPSA) is 129 Å². The highest BCUT2D eigenvalue weighted by Gasteiger charge is 2.32. The monoisotopic (exact) mass is 279 g/mol. The minimum atomic E-state index is -0.987. The Morgan fingerprint density at radius 1 is 1.20 bits per heavy atom. The van der Waals surface area contributed by atoms with Crippen molar-refractivity contribution in [2.24, 2.45) is 0 Å². The molecule has 1 aliphatic heterocycles. The van der Waals surface area contributed by atoms with Crippen LogP contribution in [0.3, 0.4) is 0 Å². The van der Waals surface area contributed by atoms with Gasteiger partial charge in [-0.3, -0.25) is 19.4 Å². The highest BCUT2D eigenvalue weighted by Crippen LogP contribution is 2.12. The summed E-state index contributed by atoms with van der Waals surface area (Å²) in [6, 6.07) is 0. The lowest BCUT2D eigenvalue weighted by Crippen LogP contribution is -2.31. The predicted octanol–water partition coefficient (Wildman–Crippen LogP) is -1.32. The van der Waals surface area contributed by atoms with Gasteiger partial charge in [-0.2, -0.15) is 0 Å². The van der Waals surface area contributed by atoms with Gasteiger partial charge in [0.05, 0.1) is 5.56 Å². The van der Waals surface area contributed by atoms with E-state index < -0.39 is 29.0 Å². The van der Waals surface area contributed by atoms with Crippen LogP contribution in [-0.4, -0.2) is 32.8 Å². The van der Waals surface area contributed by atoms with Crippen molar-refractivity contribution in [3.8, 4) is 0 Å². The van der Waals surface area contributed by atoms with Crippen molar-refractivity contribution in [2.45, 2.75) is 12.8 Å². The molecule has 0 bridgehead atoms. The molecule has 2 amide bonds.